The molecule has 1 aliphatic heterocycles. The molecule has 0 amide bonds. The lowest BCUT2D eigenvalue weighted by Gasteiger charge is -2.34. The number of nitrogens with one attached hydrogen (secondary N) is 1. The lowest BCUT2D eigenvalue weighted by molar-refractivity contribution is 0.213. The molecule has 1 aliphatic rings. The molecule has 1 fully saturated rings. The lowest BCUT2D eigenvalue weighted by atomic mass is 9.91. The Labute approximate surface area is 131 Å². The van der Waals surface area contributed by atoms with Gasteiger partial charge in [-0.25, -0.2) is 0 Å². The van der Waals surface area contributed by atoms with Gasteiger partial charge in [-0.2, -0.15) is 11.3 Å². The minimum Gasteiger partial charge on any atom is -0.307 e. The quantitative estimate of drug-likeness (QED) is 0.928. The predicted octanol–water partition coefficient (Wildman–Crippen LogP) is 3.77. The molecule has 1 atom stereocenters. The van der Waals surface area contributed by atoms with E-state index in [9.17, 15) is 0 Å². The number of benzene rings is 1. The average Bonchev–Trinajstić information content (AvgIpc) is 2.79. The average molecular weight is 300 g/mol. The van der Waals surface area contributed by atoms with Gasteiger partial charge < -0.3 is 5.32 Å². The summed E-state index contributed by atoms with van der Waals surface area (Å²) in [5.74, 6) is 0. The molecule has 3 rings (SSSR count). The van der Waals surface area contributed by atoms with E-state index in [4.69, 9.17) is 0 Å². The monoisotopic (exact) mass is 300 g/mol. The molecular weight excluding hydrogens is 276 g/mol. The van der Waals surface area contributed by atoms with E-state index in [0.29, 0.717) is 0 Å². The molecule has 21 heavy (non-hydrogen) atoms. The van der Waals surface area contributed by atoms with Crippen molar-refractivity contribution in [3.8, 4) is 0 Å². The molecule has 0 saturated carbocycles. The minimum absolute atomic E-state index is 0.0433. The first kappa shape index (κ1) is 14.8. The maximum absolute atomic E-state index is 3.76. The Morgan fingerprint density at radius 2 is 2.05 bits per heavy atom. The van der Waals surface area contributed by atoms with Crippen molar-refractivity contribution in [1.82, 2.24) is 10.2 Å². The molecule has 1 N–H and O–H groups in total. The standard InChI is InChI=1S/C18H24N2S/c1-15-12-21-13-16(15)11-20-10-6-9-19-18(2,14-20)17-7-4-3-5-8-17/h3-5,7-8,12-13,19H,6,9-11,14H2,1-2H3. The molecule has 0 radical (unpaired) electrons. The van der Waals surface area contributed by atoms with Gasteiger partial charge in [0.1, 0.15) is 0 Å². The summed E-state index contributed by atoms with van der Waals surface area (Å²) in [6.45, 7) is 8.94. The molecule has 3 heteroatoms. The highest BCUT2D eigenvalue weighted by molar-refractivity contribution is 7.08. The van der Waals surface area contributed by atoms with Crippen molar-refractivity contribution in [2.24, 2.45) is 0 Å². The molecule has 2 nitrogen and oxygen atoms in total. The third kappa shape index (κ3) is 3.37. The third-order valence-electron chi connectivity index (χ3n) is 4.47. The van der Waals surface area contributed by atoms with E-state index in [1.165, 1.54) is 29.7 Å². The van der Waals surface area contributed by atoms with Gasteiger partial charge >= 0.3 is 0 Å². The van der Waals surface area contributed by atoms with Crippen molar-refractivity contribution < 1.29 is 0 Å². The number of rotatable bonds is 3. The molecule has 0 spiro atoms. The summed E-state index contributed by atoms with van der Waals surface area (Å²) in [6, 6.07) is 10.9. The van der Waals surface area contributed by atoms with Gasteiger partial charge in [0.25, 0.3) is 0 Å². The fraction of sp³-hybridized carbons (Fsp3) is 0.444. The maximum atomic E-state index is 3.76. The highest BCUT2D eigenvalue weighted by Gasteiger charge is 2.30. The van der Waals surface area contributed by atoms with Gasteiger partial charge in [0.05, 0.1) is 5.54 Å². The van der Waals surface area contributed by atoms with Gasteiger partial charge in [-0.15, -0.1) is 0 Å². The number of hydrogen-bond donors (Lipinski definition) is 1. The molecule has 1 saturated heterocycles. The SMILES string of the molecule is Cc1cscc1CN1CCCNC(C)(c2ccccc2)C1. The van der Waals surface area contributed by atoms with Crippen LogP contribution >= 0.6 is 11.3 Å². The Morgan fingerprint density at radius 3 is 2.76 bits per heavy atom. The molecule has 112 valence electrons. The van der Waals surface area contributed by atoms with Gasteiger partial charge in [0.15, 0.2) is 0 Å². The van der Waals surface area contributed by atoms with Crippen molar-refractivity contribution in [1.29, 1.82) is 0 Å². The van der Waals surface area contributed by atoms with E-state index in [-0.39, 0.29) is 5.54 Å². The molecule has 1 unspecified atom stereocenters. The first-order valence-corrected chi connectivity index (χ1v) is 8.66. The summed E-state index contributed by atoms with van der Waals surface area (Å²) in [6.07, 6.45) is 1.21. The molecule has 1 aromatic carbocycles. The summed E-state index contributed by atoms with van der Waals surface area (Å²) >= 11 is 1.81. The van der Waals surface area contributed by atoms with Gasteiger partial charge in [-0.1, -0.05) is 30.3 Å². The highest BCUT2D eigenvalue weighted by Crippen LogP contribution is 2.26. The molecule has 0 aliphatic carbocycles. The zero-order valence-electron chi connectivity index (χ0n) is 12.9. The Bertz CT molecular complexity index is 578. The van der Waals surface area contributed by atoms with E-state index in [1.54, 1.807) is 0 Å². The zero-order valence-corrected chi connectivity index (χ0v) is 13.7. The fourth-order valence-electron chi connectivity index (χ4n) is 3.17. The van der Waals surface area contributed by atoms with Crippen LogP contribution in [-0.4, -0.2) is 24.5 Å². The van der Waals surface area contributed by atoms with Gasteiger partial charge in [0.2, 0.25) is 0 Å². The Morgan fingerprint density at radius 1 is 1.24 bits per heavy atom. The number of hydrogen-bond acceptors (Lipinski definition) is 3. The van der Waals surface area contributed by atoms with Crippen LogP contribution in [0.1, 0.15) is 30.0 Å². The van der Waals surface area contributed by atoms with Crippen molar-refractivity contribution >= 4 is 11.3 Å². The van der Waals surface area contributed by atoms with Gasteiger partial charge in [0, 0.05) is 13.1 Å². The van der Waals surface area contributed by atoms with Crippen LogP contribution in [0.2, 0.25) is 0 Å². The molecule has 1 aromatic heterocycles. The van der Waals surface area contributed by atoms with Crippen LogP contribution in [0.15, 0.2) is 41.1 Å². The van der Waals surface area contributed by atoms with E-state index < -0.39 is 0 Å². The normalized spacial score (nSPS) is 23.9. The molecule has 2 heterocycles. The summed E-state index contributed by atoms with van der Waals surface area (Å²) < 4.78 is 0. The Hall–Kier alpha value is -1.16. The topological polar surface area (TPSA) is 15.3 Å². The first-order valence-electron chi connectivity index (χ1n) is 7.72. The number of nitrogens with zero attached hydrogens (tertiary/aromatic N) is 1. The van der Waals surface area contributed by atoms with Crippen LogP contribution in [0.25, 0.3) is 0 Å². The highest BCUT2D eigenvalue weighted by atomic mass is 32.1. The van der Waals surface area contributed by atoms with Crippen LogP contribution < -0.4 is 5.32 Å². The molecule has 2 aromatic rings. The van der Waals surface area contributed by atoms with Crippen LogP contribution in [0, 0.1) is 6.92 Å². The smallest absolute Gasteiger partial charge is 0.0535 e. The lowest BCUT2D eigenvalue weighted by Crippen LogP contribution is -2.46. The number of aryl methyl sites for hydroxylation is 1. The van der Waals surface area contributed by atoms with Crippen molar-refractivity contribution in [2.45, 2.75) is 32.4 Å². The second kappa shape index (κ2) is 6.30. The summed E-state index contributed by atoms with van der Waals surface area (Å²) in [5.41, 5.74) is 4.34. The third-order valence-corrected chi connectivity index (χ3v) is 5.38. The Kier molecular flexibility index (Phi) is 4.43. The molecule has 0 bridgehead atoms. The van der Waals surface area contributed by atoms with Gasteiger partial charge in [-0.3, -0.25) is 4.90 Å². The van der Waals surface area contributed by atoms with E-state index in [2.05, 4.69) is 65.2 Å². The van der Waals surface area contributed by atoms with Crippen molar-refractivity contribution in [3.63, 3.8) is 0 Å². The van der Waals surface area contributed by atoms with Crippen LogP contribution in [-0.2, 0) is 12.1 Å². The largest absolute Gasteiger partial charge is 0.307 e. The first-order chi connectivity index (χ1) is 10.2. The Balaban J connectivity index is 1.79. The predicted molar refractivity (Wildman–Crippen MR) is 90.7 cm³/mol. The zero-order chi connectivity index (χ0) is 14.7. The van der Waals surface area contributed by atoms with Crippen molar-refractivity contribution in [2.75, 3.05) is 19.6 Å². The second-order valence-electron chi connectivity index (χ2n) is 6.27. The fourth-order valence-corrected chi connectivity index (χ4v) is 4.02. The van der Waals surface area contributed by atoms with E-state index in [1.807, 2.05) is 11.3 Å². The maximum Gasteiger partial charge on any atom is 0.0535 e. The summed E-state index contributed by atoms with van der Waals surface area (Å²) in [7, 11) is 0. The van der Waals surface area contributed by atoms with Crippen LogP contribution in [0.4, 0.5) is 0 Å². The number of thiophene rings is 1. The van der Waals surface area contributed by atoms with Crippen LogP contribution in [0.5, 0.6) is 0 Å². The summed E-state index contributed by atoms with van der Waals surface area (Å²) in [4.78, 5) is 2.60. The minimum atomic E-state index is 0.0433. The van der Waals surface area contributed by atoms with E-state index >= 15 is 0 Å². The van der Waals surface area contributed by atoms with Crippen molar-refractivity contribution in [3.05, 3.63) is 57.8 Å². The summed E-state index contributed by atoms with van der Waals surface area (Å²) in [5, 5.41) is 8.31. The second-order valence-corrected chi connectivity index (χ2v) is 7.01. The van der Waals surface area contributed by atoms with Crippen LogP contribution in [0.3, 0.4) is 0 Å². The molecular formula is C18H24N2S. The van der Waals surface area contributed by atoms with E-state index in [0.717, 1.165) is 19.6 Å². The van der Waals surface area contributed by atoms with Gasteiger partial charge in [-0.05, 0) is 60.8 Å².